The minimum atomic E-state index is -3.72. The van der Waals surface area contributed by atoms with E-state index >= 15 is 0 Å². The molecule has 28 heavy (non-hydrogen) atoms. The molecule has 9 heteroatoms. The van der Waals surface area contributed by atoms with Gasteiger partial charge in [0.25, 0.3) is 5.69 Å². The van der Waals surface area contributed by atoms with E-state index < -0.39 is 14.9 Å². The minimum Gasteiger partial charge on any atom is -0.376 e. The smallest absolute Gasteiger partial charge is 0.293 e. The predicted octanol–water partition coefficient (Wildman–Crippen LogP) is 1.99. The molecule has 0 spiro atoms. The first-order valence-electron chi connectivity index (χ1n) is 10.1. The normalized spacial score (nSPS) is 35.0. The Bertz CT molecular complexity index is 897. The van der Waals surface area contributed by atoms with E-state index in [-0.39, 0.29) is 10.6 Å². The van der Waals surface area contributed by atoms with Gasteiger partial charge >= 0.3 is 0 Å². The highest BCUT2D eigenvalue weighted by molar-refractivity contribution is 7.89. The van der Waals surface area contributed by atoms with Gasteiger partial charge in [0.15, 0.2) is 0 Å². The number of fused-ring (bicyclic) bond motifs is 5. The highest BCUT2D eigenvalue weighted by Gasteiger charge is 2.65. The molecule has 0 aromatic heterocycles. The Hall–Kier alpha value is -1.71. The maximum absolute atomic E-state index is 12.9. The summed E-state index contributed by atoms with van der Waals surface area (Å²) in [6.07, 6.45) is 3.89. The third kappa shape index (κ3) is 2.83. The van der Waals surface area contributed by atoms with Gasteiger partial charge in [-0.1, -0.05) is 0 Å². The summed E-state index contributed by atoms with van der Waals surface area (Å²) in [5, 5.41) is 15.0. The Kier molecular flexibility index (Phi) is 4.19. The zero-order valence-electron chi connectivity index (χ0n) is 16.0. The highest BCUT2D eigenvalue weighted by Crippen LogP contribution is 2.66. The summed E-state index contributed by atoms with van der Waals surface area (Å²) in [5.41, 5.74) is 0.300. The first-order valence-corrected chi connectivity index (χ1v) is 11.5. The molecule has 1 saturated heterocycles. The molecule has 1 N–H and O–H groups in total. The van der Waals surface area contributed by atoms with Crippen LogP contribution in [-0.2, 0) is 10.0 Å². The van der Waals surface area contributed by atoms with Crippen molar-refractivity contribution in [2.45, 2.75) is 30.2 Å². The SMILES string of the molecule is CN1CCN(S(=O)(=O)c2ccc(NC3C4C5CCC(C5)C34)c([N+](=O)[O-])c2)CC1. The molecule has 0 amide bonds. The Morgan fingerprint density at radius 2 is 1.75 bits per heavy atom. The van der Waals surface area contributed by atoms with Gasteiger partial charge in [-0.05, 0) is 62.1 Å². The van der Waals surface area contributed by atoms with Crippen LogP contribution in [0.2, 0.25) is 0 Å². The molecular formula is C19H26N4O4S. The third-order valence-corrected chi connectivity index (χ3v) is 9.22. The number of likely N-dealkylation sites (N-methyl/N-ethyl adjacent to an activating group) is 1. The fourth-order valence-corrected chi connectivity index (χ4v) is 7.26. The van der Waals surface area contributed by atoms with Gasteiger partial charge in [0.2, 0.25) is 10.0 Å². The molecule has 4 aliphatic rings. The van der Waals surface area contributed by atoms with E-state index in [9.17, 15) is 18.5 Å². The molecule has 1 heterocycles. The van der Waals surface area contributed by atoms with Gasteiger partial charge in [0.05, 0.1) is 9.82 Å². The molecule has 0 radical (unpaired) electrons. The number of hydrogen-bond acceptors (Lipinski definition) is 6. The monoisotopic (exact) mass is 406 g/mol. The number of nitro benzene ring substituents is 1. The van der Waals surface area contributed by atoms with Crippen molar-refractivity contribution in [1.82, 2.24) is 9.21 Å². The molecule has 3 saturated carbocycles. The van der Waals surface area contributed by atoms with Crippen LogP contribution in [0.5, 0.6) is 0 Å². The van der Waals surface area contributed by atoms with Crippen LogP contribution in [0.25, 0.3) is 0 Å². The topological polar surface area (TPSA) is 95.8 Å². The lowest BCUT2D eigenvalue weighted by atomic mass is 10.0. The number of nitro groups is 1. The standard InChI is InChI=1S/C19H26N4O4S/c1-21-6-8-22(9-7-21)28(26,27)14-4-5-15(16(11-14)23(24)25)20-19-17-12-2-3-13(10-12)18(17)19/h4-5,11-13,17-20H,2-3,6-10H2,1H3. The second-order valence-corrected chi connectivity index (χ2v) is 10.7. The second kappa shape index (κ2) is 6.40. The van der Waals surface area contributed by atoms with E-state index in [1.165, 1.54) is 35.7 Å². The summed E-state index contributed by atoms with van der Waals surface area (Å²) in [6.45, 7) is 2.13. The van der Waals surface area contributed by atoms with Crippen molar-refractivity contribution in [1.29, 1.82) is 0 Å². The quantitative estimate of drug-likeness (QED) is 0.593. The van der Waals surface area contributed by atoms with Crippen LogP contribution in [-0.4, -0.2) is 61.8 Å². The van der Waals surface area contributed by atoms with Gasteiger partial charge in [-0.15, -0.1) is 0 Å². The fourth-order valence-electron chi connectivity index (χ4n) is 5.82. The molecule has 2 bridgehead atoms. The second-order valence-electron chi connectivity index (χ2n) is 8.80. The molecule has 1 aliphatic heterocycles. The lowest BCUT2D eigenvalue weighted by molar-refractivity contribution is -0.384. The number of hydrogen-bond donors (Lipinski definition) is 1. The van der Waals surface area contributed by atoms with Crippen LogP contribution in [0.15, 0.2) is 23.1 Å². The van der Waals surface area contributed by atoms with Crippen LogP contribution in [0, 0.1) is 33.8 Å². The zero-order chi connectivity index (χ0) is 19.6. The summed E-state index contributed by atoms with van der Waals surface area (Å²) in [5.74, 6) is 2.83. The third-order valence-electron chi connectivity index (χ3n) is 7.32. The van der Waals surface area contributed by atoms with Gasteiger partial charge in [-0.3, -0.25) is 10.1 Å². The minimum absolute atomic E-state index is 0.00497. The highest BCUT2D eigenvalue weighted by atomic mass is 32.2. The molecule has 5 rings (SSSR count). The molecule has 4 atom stereocenters. The fraction of sp³-hybridized carbons (Fsp3) is 0.684. The first-order chi connectivity index (χ1) is 13.4. The average Bonchev–Trinajstić information content (AvgIpc) is 3.04. The van der Waals surface area contributed by atoms with Crippen molar-refractivity contribution < 1.29 is 13.3 Å². The van der Waals surface area contributed by atoms with Crippen LogP contribution in [0.4, 0.5) is 11.4 Å². The number of sulfonamides is 1. The summed E-state index contributed by atoms with van der Waals surface area (Å²) in [6, 6.07) is 4.63. The molecule has 4 fully saturated rings. The number of rotatable bonds is 5. The summed E-state index contributed by atoms with van der Waals surface area (Å²) in [7, 11) is -1.77. The van der Waals surface area contributed by atoms with Crippen LogP contribution in [0.3, 0.4) is 0 Å². The van der Waals surface area contributed by atoms with E-state index in [2.05, 4.69) is 10.2 Å². The molecule has 1 aromatic carbocycles. The van der Waals surface area contributed by atoms with Crippen molar-refractivity contribution in [3.8, 4) is 0 Å². The Labute approximate surface area is 165 Å². The number of nitrogens with zero attached hydrogens (tertiary/aromatic N) is 3. The maximum Gasteiger partial charge on any atom is 0.293 e. The van der Waals surface area contributed by atoms with E-state index in [4.69, 9.17) is 0 Å². The summed E-state index contributed by atoms with van der Waals surface area (Å²) >= 11 is 0. The van der Waals surface area contributed by atoms with Gasteiger partial charge in [0.1, 0.15) is 5.69 Å². The van der Waals surface area contributed by atoms with Gasteiger partial charge in [-0.25, -0.2) is 8.42 Å². The Morgan fingerprint density at radius 3 is 2.36 bits per heavy atom. The number of nitrogens with one attached hydrogen (secondary N) is 1. The predicted molar refractivity (Wildman–Crippen MR) is 105 cm³/mol. The summed E-state index contributed by atoms with van der Waals surface area (Å²) in [4.78, 5) is 13.3. The lowest BCUT2D eigenvalue weighted by Gasteiger charge is -2.31. The van der Waals surface area contributed by atoms with Crippen molar-refractivity contribution in [2.75, 3.05) is 38.5 Å². The van der Waals surface area contributed by atoms with Crippen molar-refractivity contribution in [3.63, 3.8) is 0 Å². The maximum atomic E-state index is 12.9. The molecular weight excluding hydrogens is 380 g/mol. The Balaban J connectivity index is 1.38. The number of benzene rings is 1. The van der Waals surface area contributed by atoms with Gasteiger partial charge < -0.3 is 10.2 Å². The molecule has 3 aliphatic carbocycles. The van der Waals surface area contributed by atoms with E-state index in [1.54, 1.807) is 6.07 Å². The summed E-state index contributed by atoms with van der Waals surface area (Å²) < 4.78 is 27.3. The van der Waals surface area contributed by atoms with Gasteiger partial charge in [-0.2, -0.15) is 4.31 Å². The molecule has 8 nitrogen and oxygen atoms in total. The van der Waals surface area contributed by atoms with Crippen molar-refractivity contribution >= 4 is 21.4 Å². The molecule has 4 unspecified atom stereocenters. The Morgan fingerprint density at radius 1 is 1.11 bits per heavy atom. The zero-order valence-corrected chi connectivity index (χ0v) is 16.8. The number of piperazine rings is 1. The van der Waals surface area contributed by atoms with E-state index in [0.717, 1.165) is 11.8 Å². The van der Waals surface area contributed by atoms with Crippen LogP contribution in [0.1, 0.15) is 19.3 Å². The lowest BCUT2D eigenvalue weighted by Crippen LogP contribution is -2.47. The molecule has 152 valence electrons. The van der Waals surface area contributed by atoms with Crippen molar-refractivity contribution in [3.05, 3.63) is 28.3 Å². The first kappa shape index (κ1) is 18.3. The van der Waals surface area contributed by atoms with E-state index in [0.29, 0.717) is 49.7 Å². The van der Waals surface area contributed by atoms with Gasteiger partial charge in [0, 0.05) is 38.3 Å². The van der Waals surface area contributed by atoms with Crippen molar-refractivity contribution in [2.24, 2.45) is 23.7 Å². The number of anilines is 1. The van der Waals surface area contributed by atoms with Crippen LogP contribution >= 0.6 is 0 Å². The molecule has 1 aromatic rings. The average molecular weight is 407 g/mol. The largest absolute Gasteiger partial charge is 0.376 e. The van der Waals surface area contributed by atoms with E-state index in [1.807, 2.05) is 7.05 Å². The van der Waals surface area contributed by atoms with Crippen LogP contribution < -0.4 is 5.32 Å².